The van der Waals surface area contributed by atoms with Crippen LogP contribution in [0.1, 0.15) is 219 Å². The second-order valence-corrected chi connectivity index (χ2v) is 37.3. The Morgan fingerprint density at radius 3 is 1.51 bits per heavy atom. The molecular formula is C91H98BN3S. The molecule has 10 aromatic rings. The van der Waals surface area contributed by atoms with Crippen molar-refractivity contribution in [3.05, 3.63) is 226 Å². The smallest absolute Gasteiger partial charge is 0.264 e. The van der Waals surface area contributed by atoms with E-state index >= 15 is 0 Å². The van der Waals surface area contributed by atoms with Crippen molar-refractivity contribution in [1.29, 1.82) is 0 Å². The second-order valence-electron chi connectivity index (χ2n) is 36.2. The lowest BCUT2D eigenvalue weighted by Gasteiger charge is -2.45. The third kappa shape index (κ3) is 9.08. The Labute approximate surface area is 578 Å². The first-order valence-electron chi connectivity index (χ1n) is 36.5. The molecule has 0 saturated heterocycles. The lowest BCUT2D eigenvalue weighted by Crippen LogP contribution is -2.60. The van der Waals surface area contributed by atoms with Gasteiger partial charge in [0.05, 0.1) is 11.4 Å². The lowest BCUT2D eigenvalue weighted by molar-refractivity contribution is 0.332. The van der Waals surface area contributed by atoms with Crippen LogP contribution < -0.4 is 30.4 Å². The van der Waals surface area contributed by atoms with Crippen molar-refractivity contribution in [3.63, 3.8) is 0 Å². The topological polar surface area (TPSA) is 9.72 Å². The Kier molecular flexibility index (Phi) is 13.4. The van der Waals surface area contributed by atoms with E-state index in [4.69, 9.17) is 0 Å². The molecule has 7 aliphatic rings. The Morgan fingerprint density at radius 2 is 0.927 bits per heavy atom. The molecule has 486 valence electrons. The van der Waals surface area contributed by atoms with Crippen molar-refractivity contribution in [2.24, 2.45) is 11.8 Å². The number of nitrogens with zero attached hydrogens (tertiary/aromatic N) is 3. The summed E-state index contributed by atoms with van der Waals surface area (Å²) in [5.41, 5.74) is 32.7. The summed E-state index contributed by atoms with van der Waals surface area (Å²) in [7, 11) is 0. The molecule has 2 fully saturated rings. The van der Waals surface area contributed by atoms with Crippen LogP contribution in [-0.4, -0.2) is 6.71 Å². The van der Waals surface area contributed by atoms with E-state index < -0.39 is 0 Å². The van der Waals surface area contributed by atoms with Gasteiger partial charge in [-0.05, 0) is 258 Å². The maximum Gasteiger partial charge on any atom is 0.264 e. The van der Waals surface area contributed by atoms with E-state index in [-0.39, 0.29) is 50.0 Å². The quantitative estimate of drug-likeness (QED) is 0.154. The van der Waals surface area contributed by atoms with Gasteiger partial charge in [0.1, 0.15) is 0 Å². The fourth-order valence-electron chi connectivity index (χ4n) is 19.6. The van der Waals surface area contributed by atoms with Crippen LogP contribution in [0, 0.1) is 11.8 Å². The van der Waals surface area contributed by atoms with Gasteiger partial charge in [0.25, 0.3) is 6.71 Å². The highest BCUT2D eigenvalue weighted by Gasteiger charge is 2.61. The third-order valence-electron chi connectivity index (χ3n) is 25.4. The third-order valence-corrected chi connectivity index (χ3v) is 26.6. The van der Waals surface area contributed by atoms with Gasteiger partial charge < -0.3 is 14.7 Å². The van der Waals surface area contributed by atoms with E-state index in [9.17, 15) is 0 Å². The zero-order valence-corrected chi connectivity index (χ0v) is 61.2. The zero-order valence-electron chi connectivity index (χ0n) is 60.4. The maximum absolute atomic E-state index is 2.81. The van der Waals surface area contributed by atoms with Crippen molar-refractivity contribution in [2.45, 2.75) is 212 Å². The fraction of sp³-hybridized carbons (Fsp3) is 0.385. The van der Waals surface area contributed by atoms with E-state index in [2.05, 4.69) is 320 Å². The summed E-state index contributed by atoms with van der Waals surface area (Å²) < 4.78 is 2.81. The highest BCUT2D eigenvalue weighted by atomic mass is 32.1. The first-order valence-corrected chi connectivity index (χ1v) is 37.3. The predicted molar refractivity (Wildman–Crippen MR) is 414 cm³/mol. The molecule has 2 bridgehead atoms. The maximum atomic E-state index is 2.81. The average Bonchev–Trinajstić information content (AvgIpc) is 1.56. The molecule has 0 radical (unpaired) electrons. The van der Waals surface area contributed by atoms with Crippen molar-refractivity contribution >= 4 is 95.0 Å². The number of anilines is 9. The van der Waals surface area contributed by atoms with Crippen LogP contribution in [0.5, 0.6) is 0 Å². The molecule has 2 aliphatic heterocycles. The van der Waals surface area contributed by atoms with Gasteiger partial charge in [-0.2, -0.15) is 0 Å². The summed E-state index contributed by atoms with van der Waals surface area (Å²) >= 11 is 2.06. The van der Waals surface area contributed by atoms with Gasteiger partial charge in [-0.3, -0.25) is 0 Å². The van der Waals surface area contributed by atoms with Gasteiger partial charge in [-0.15, -0.1) is 11.3 Å². The SMILES string of the molecule is CC(C)(C)c1ccc(N(c2ccc(C(C)(C)C)cc2)c2ccc3c(c2)N(c2cccc4c2-c2ccccc2C42C4CCC2CC4)c2cc(C(C)(C)C)cc4c2B3c2sc3cc5c(cc3c2N4c2ccc(-c3ccc4c(c3)C(C)(C)CCC4(C)C)cc2)C(C)(C)CCC5(C)C)cc1. The minimum absolute atomic E-state index is 0.0147. The minimum atomic E-state index is -0.196. The standard InChI is InChI=1S/C91H98BN3S/c1-84(2,3)57-32-38-62(39-33-57)93(63-40-34-58(35-41-63)85(4,5)6)65-42-44-74-76(52-65)95(75-24-20-23-70-80(75)66-21-18-19-22-68(66)91(70)59-28-29-60(91)31-30-59)78-51-61(86(7,8)9)50-77-81(78)92(74)83-82(67-53-72-73(54-79(67)96-83)90(16,17)48-47-89(72,14)15)94(77)64-36-25-55(26-37-64)56-27-43-69-71(49-56)88(12,13)46-45-87(69,10)11/h18-27,32-44,49-54,59-60H,28-31,45-48H2,1-17H3. The average molecular weight is 1280 g/mol. The molecule has 9 aromatic carbocycles. The molecule has 0 amide bonds. The minimum Gasteiger partial charge on any atom is -0.311 e. The molecule has 5 heteroatoms. The van der Waals surface area contributed by atoms with Gasteiger partial charge in [-0.25, -0.2) is 0 Å². The van der Waals surface area contributed by atoms with Crippen molar-refractivity contribution in [3.8, 4) is 22.3 Å². The molecule has 0 unspecified atom stereocenters. The van der Waals surface area contributed by atoms with Crippen molar-refractivity contribution < 1.29 is 0 Å². The number of rotatable bonds is 6. The Balaban J connectivity index is 0.957. The fourth-order valence-corrected chi connectivity index (χ4v) is 21.0. The number of fused-ring (bicyclic) bond motifs is 11. The molecule has 1 spiro atoms. The monoisotopic (exact) mass is 1280 g/mol. The lowest BCUT2D eigenvalue weighted by atomic mass is 9.36. The molecule has 0 atom stereocenters. The molecule has 96 heavy (non-hydrogen) atoms. The highest BCUT2D eigenvalue weighted by molar-refractivity contribution is 7.33. The normalized spacial score (nSPS) is 21.2. The van der Waals surface area contributed by atoms with Crippen LogP contribution in [0.4, 0.5) is 51.2 Å². The summed E-state index contributed by atoms with van der Waals surface area (Å²) in [6.07, 6.45) is 9.97. The van der Waals surface area contributed by atoms with Crippen LogP contribution in [-0.2, 0) is 43.3 Å². The first kappa shape index (κ1) is 62.0. The van der Waals surface area contributed by atoms with Crippen LogP contribution in [0.25, 0.3) is 32.3 Å². The Bertz CT molecular complexity index is 4780. The van der Waals surface area contributed by atoms with Crippen LogP contribution in [0.15, 0.2) is 176 Å². The van der Waals surface area contributed by atoms with Gasteiger partial charge >= 0.3 is 0 Å². The molecule has 17 rings (SSSR count). The van der Waals surface area contributed by atoms with Crippen LogP contribution in [0.3, 0.4) is 0 Å². The molecule has 1 aromatic heterocycles. The summed E-state index contributed by atoms with van der Waals surface area (Å²) in [6.45, 7) is 41.0. The van der Waals surface area contributed by atoms with Crippen LogP contribution >= 0.6 is 11.3 Å². The Hall–Kier alpha value is -7.60. The summed E-state index contributed by atoms with van der Waals surface area (Å²) in [5, 5.41) is 1.37. The molecule has 0 N–H and O–H groups in total. The van der Waals surface area contributed by atoms with E-state index in [1.54, 1.807) is 11.1 Å². The molecule has 3 nitrogen and oxygen atoms in total. The number of thiophene rings is 1. The van der Waals surface area contributed by atoms with E-state index in [0.29, 0.717) is 11.8 Å². The van der Waals surface area contributed by atoms with E-state index in [0.717, 1.165) is 23.5 Å². The first-order chi connectivity index (χ1) is 45.4. The van der Waals surface area contributed by atoms with Gasteiger partial charge in [0.15, 0.2) is 0 Å². The summed E-state index contributed by atoms with van der Waals surface area (Å²) in [6, 6.07) is 71.6. The molecule has 5 aliphatic carbocycles. The second kappa shape index (κ2) is 20.7. The van der Waals surface area contributed by atoms with Gasteiger partial charge in [-0.1, -0.05) is 215 Å². The highest BCUT2D eigenvalue weighted by Crippen LogP contribution is 2.69. The van der Waals surface area contributed by atoms with Crippen LogP contribution in [0.2, 0.25) is 0 Å². The van der Waals surface area contributed by atoms with Gasteiger partial charge in [0.2, 0.25) is 0 Å². The molecule has 3 heterocycles. The number of benzene rings is 9. The van der Waals surface area contributed by atoms with E-state index in [1.165, 1.54) is 166 Å². The van der Waals surface area contributed by atoms with Gasteiger partial charge in [0, 0.05) is 65.7 Å². The molecule has 2 saturated carbocycles. The number of hydrogen-bond donors (Lipinski definition) is 0. The van der Waals surface area contributed by atoms with E-state index in [1.807, 2.05) is 0 Å². The zero-order chi connectivity index (χ0) is 66.9. The number of hydrogen-bond acceptors (Lipinski definition) is 4. The van der Waals surface area contributed by atoms with Crippen molar-refractivity contribution in [2.75, 3.05) is 14.7 Å². The summed E-state index contributed by atoms with van der Waals surface area (Å²) in [4.78, 5) is 8.10. The predicted octanol–water partition coefficient (Wildman–Crippen LogP) is 23.8. The largest absolute Gasteiger partial charge is 0.311 e. The Morgan fingerprint density at radius 1 is 0.417 bits per heavy atom. The summed E-state index contributed by atoms with van der Waals surface area (Å²) in [5.74, 6) is 1.29. The van der Waals surface area contributed by atoms with Crippen molar-refractivity contribution in [1.82, 2.24) is 0 Å². The molecular weight excluding hydrogens is 1180 g/mol.